The standard InChI is InChI=1S/C17H20N2O2/c1-3-16(17(20)21)19(2)12-13-4-6-14(7-5-13)15-8-10-18-11-9-15/h4-11,16H,3,12H2,1-2H3,(H,20,21)/t16-/m1/s1. The minimum Gasteiger partial charge on any atom is -0.480 e. The average molecular weight is 284 g/mol. The van der Waals surface area contributed by atoms with E-state index in [9.17, 15) is 4.79 Å². The second-order valence-electron chi connectivity index (χ2n) is 5.11. The Morgan fingerprint density at radius 2 is 1.71 bits per heavy atom. The predicted molar refractivity (Wildman–Crippen MR) is 82.9 cm³/mol. The van der Waals surface area contributed by atoms with E-state index in [1.54, 1.807) is 12.4 Å². The van der Waals surface area contributed by atoms with Gasteiger partial charge in [-0.3, -0.25) is 14.7 Å². The molecule has 0 saturated heterocycles. The molecule has 0 aliphatic rings. The number of aromatic nitrogens is 1. The van der Waals surface area contributed by atoms with E-state index in [4.69, 9.17) is 5.11 Å². The number of hydrogen-bond donors (Lipinski definition) is 1. The number of carboxylic acids is 1. The van der Waals surface area contributed by atoms with Crippen LogP contribution in [0.4, 0.5) is 0 Å². The quantitative estimate of drug-likeness (QED) is 0.886. The van der Waals surface area contributed by atoms with E-state index in [1.807, 2.05) is 43.1 Å². The normalized spacial score (nSPS) is 12.3. The zero-order valence-corrected chi connectivity index (χ0v) is 12.4. The van der Waals surface area contributed by atoms with Crippen molar-refractivity contribution in [1.29, 1.82) is 0 Å². The molecule has 4 nitrogen and oxygen atoms in total. The molecule has 0 aliphatic carbocycles. The van der Waals surface area contributed by atoms with Crippen molar-refractivity contribution in [2.75, 3.05) is 7.05 Å². The Kier molecular flexibility index (Phi) is 5.06. The van der Waals surface area contributed by atoms with Crippen molar-refractivity contribution in [2.45, 2.75) is 25.9 Å². The number of rotatable bonds is 6. The van der Waals surface area contributed by atoms with Crippen molar-refractivity contribution < 1.29 is 9.90 Å². The van der Waals surface area contributed by atoms with Crippen molar-refractivity contribution in [2.24, 2.45) is 0 Å². The fraction of sp³-hybridized carbons (Fsp3) is 0.294. The van der Waals surface area contributed by atoms with Crippen LogP contribution in [-0.4, -0.2) is 34.0 Å². The third kappa shape index (κ3) is 3.89. The average Bonchev–Trinajstić information content (AvgIpc) is 2.49. The van der Waals surface area contributed by atoms with Crippen LogP contribution in [0.15, 0.2) is 48.8 Å². The first-order chi connectivity index (χ1) is 10.1. The fourth-order valence-corrected chi connectivity index (χ4v) is 2.42. The Morgan fingerprint density at radius 1 is 1.14 bits per heavy atom. The summed E-state index contributed by atoms with van der Waals surface area (Å²) in [5.41, 5.74) is 3.37. The molecule has 2 aromatic rings. The minimum absolute atomic E-state index is 0.440. The molecule has 4 heteroatoms. The molecule has 0 radical (unpaired) electrons. The van der Waals surface area contributed by atoms with Crippen LogP contribution in [0.1, 0.15) is 18.9 Å². The lowest BCUT2D eigenvalue weighted by Crippen LogP contribution is -2.37. The zero-order valence-electron chi connectivity index (χ0n) is 12.4. The van der Waals surface area contributed by atoms with Gasteiger partial charge in [0.2, 0.25) is 0 Å². The molecule has 0 aliphatic heterocycles. The Balaban J connectivity index is 2.08. The molecule has 1 heterocycles. The van der Waals surface area contributed by atoms with Gasteiger partial charge < -0.3 is 5.11 Å². The zero-order chi connectivity index (χ0) is 15.2. The molecule has 0 amide bonds. The summed E-state index contributed by atoms with van der Waals surface area (Å²) in [6.45, 7) is 2.52. The SMILES string of the molecule is CC[C@H](C(=O)O)N(C)Cc1ccc(-c2ccncc2)cc1. The number of carbonyl (C=O) groups is 1. The van der Waals surface area contributed by atoms with Gasteiger partial charge in [-0.15, -0.1) is 0 Å². The predicted octanol–water partition coefficient (Wildman–Crippen LogP) is 3.04. The number of aliphatic carboxylic acids is 1. The van der Waals surface area contributed by atoms with Crippen LogP contribution in [0.2, 0.25) is 0 Å². The van der Waals surface area contributed by atoms with E-state index < -0.39 is 12.0 Å². The molecule has 21 heavy (non-hydrogen) atoms. The number of likely N-dealkylation sites (N-methyl/N-ethyl adjacent to an activating group) is 1. The molecule has 0 spiro atoms. The molecule has 0 bridgehead atoms. The summed E-state index contributed by atoms with van der Waals surface area (Å²) in [5, 5.41) is 9.17. The first-order valence-electron chi connectivity index (χ1n) is 7.04. The molecule has 1 aromatic carbocycles. The second-order valence-corrected chi connectivity index (χ2v) is 5.11. The highest BCUT2D eigenvalue weighted by Crippen LogP contribution is 2.19. The summed E-state index contributed by atoms with van der Waals surface area (Å²) in [6, 6.07) is 11.7. The second kappa shape index (κ2) is 6.99. The van der Waals surface area contributed by atoms with Crippen LogP contribution < -0.4 is 0 Å². The van der Waals surface area contributed by atoms with Crippen molar-refractivity contribution in [3.8, 4) is 11.1 Å². The smallest absolute Gasteiger partial charge is 0.320 e. The van der Waals surface area contributed by atoms with E-state index >= 15 is 0 Å². The maximum Gasteiger partial charge on any atom is 0.320 e. The summed E-state index contributed by atoms with van der Waals surface area (Å²) in [4.78, 5) is 17.0. The largest absolute Gasteiger partial charge is 0.480 e. The van der Waals surface area contributed by atoms with Crippen molar-refractivity contribution in [3.05, 3.63) is 54.4 Å². The fourth-order valence-electron chi connectivity index (χ4n) is 2.42. The monoisotopic (exact) mass is 284 g/mol. The van der Waals surface area contributed by atoms with Crippen LogP contribution in [0.5, 0.6) is 0 Å². The molecular weight excluding hydrogens is 264 g/mol. The van der Waals surface area contributed by atoms with Gasteiger partial charge in [-0.25, -0.2) is 0 Å². The van der Waals surface area contributed by atoms with Gasteiger partial charge in [0.25, 0.3) is 0 Å². The number of hydrogen-bond acceptors (Lipinski definition) is 3. The Morgan fingerprint density at radius 3 is 2.24 bits per heavy atom. The van der Waals surface area contributed by atoms with E-state index in [2.05, 4.69) is 17.1 Å². The molecular formula is C17H20N2O2. The van der Waals surface area contributed by atoms with Crippen molar-refractivity contribution in [3.63, 3.8) is 0 Å². The van der Waals surface area contributed by atoms with E-state index in [0.29, 0.717) is 13.0 Å². The summed E-state index contributed by atoms with van der Waals surface area (Å²) >= 11 is 0. The Labute approximate surface area is 125 Å². The third-order valence-electron chi connectivity index (χ3n) is 3.60. The first-order valence-corrected chi connectivity index (χ1v) is 7.04. The van der Waals surface area contributed by atoms with Gasteiger partial charge in [-0.05, 0) is 42.3 Å². The summed E-state index contributed by atoms with van der Waals surface area (Å²) in [5.74, 6) is -0.770. The van der Waals surface area contributed by atoms with Crippen LogP contribution in [0, 0.1) is 0 Å². The van der Waals surface area contributed by atoms with E-state index in [-0.39, 0.29) is 0 Å². The third-order valence-corrected chi connectivity index (χ3v) is 3.60. The minimum atomic E-state index is -0.770. The van der Waals surface area contributed by atoms with E-state index in [1.165, 1.54) is 0 Å². The van der Waals surface area contributed by atoms with Gasteiger partial charge >= 0.3 is 5.97 Å². The molecule has 0 unspecified atom stereocenters. The highest BCUT2D eigenvalue weighted by atomic mass is 16.4. The Hall–Kier alpha value is -2.20. The highest BCUT2D eigenvalue weighted by molar-refractivity contribution is 5.73. The lowest BCUT2D eigenvalue weighted by atomic mass is 10.0. The topological polar surface area (TPSA) is 53.4 Å². The summed E-state index contributed by atoms with van der Waals surface area (Å²) in [6.07, 6.45) is 4.15. The summed E-state index contributed by atoms with van der Waals surface area (Å²) in [7, 11) is 1.85. The molecule has 110 valence electrons. The lowest BCUT2D eigenvalue weighted by molar-refractivity contribution is -0.143. The molecule has 1 atom stereocenters. The van der Waals surface area contributed by atoms with Crippen LogP contribution in [-0.2, 0) is 11.3 Å². The van der Waals surface area contributed by atoms with Gasteiger partial charge in [0.05, 0.1) is 0 Å². The van der Waals surface area contributed by atoms with Crippen LogP contribution >= 0.6 is 0 Å². The van der Waals surface area contributed by atoms with Crippen LogP contribution in [0.25, 0.3) is 11.1 Å². The van der Waals surface area contributed by atoms with Crippen molar-refractivity contribution in [1.82, 2.24) is 9.88 Å². The van der Waals surface area contributed by atoms with Crippen LogP contribution in [0.3, 0.4) is 0 Å². The molecule has 0 fully saturated rings. The van der Waals surface area contributed by atoms with Gasteiger partial charge in [0.15, 0.2) is 0 Å². The molecule has 0 saturated carbocycles. The number of benzene rings is 1. The maximum atomic E-state index is 11.2. The number of nitrogens with zero attached hydrogens (tertiary/aromatic N) is 2. The number of carboxylic acid groups (broad SMARTS) is 1. The summed E-state index contributed by atoms with van der Waals surface area (Å²) < 4.78 is 0. The van der Waals surface area contributed by atoms with Gasteiger partial charge in [0.1, 0.15) is 6.04 Å². The highest BCUT2D eigenvalue weighted by Gasteiger charge is 2.20. The molecule has 1 N–H and O–H groups in total. The number of pyridine rings is 1. The van der Waals surface area contributed by atoms with E-state index in [0.717, 1.165) is 16.7 Å². The van der Waals surface area contributed by atoms with Gasteiger partial charge in [-0.1, -0.05) is 31.2 Å². The maximum absolute atomic E-state index is 11.2. The van der Waals surface area contributed by atoms with Crippen molar-refractivity contribution >= 4 is 5.97 Å². The first kappa shape index (κ1) is 15.2. The molecule has 1 aromatic heterocycles. The lowest BCUT2D eigenvalue weighted by Gasteiger charge is -2.23. The van der Waals surface area contributed by atoms with Gasteiger partial charge in [-0.2, -0.15) is 0 Å². The van der Waals surface area contributed by atoms with Gasteiger partial charge in [0, 0.05) is 18.9 Å². The Bertz CT molecular complexity index is 581. The molecule has 2 rings (SSSR count).